The van der Waals surface area contributed by atoms with Crippen LogP contribution in [0.3, 0.4) is 0 Å². The molecule has 0 atom stereocenters. The number of aromatic nitrogens is 1. The van der Waals surface area contributed by atoms with Gasteiger partial charge >= 0.3 is 0 Å². The maximum atomic E-state index is 11.2. The number of carbonyl (C=O) groups excluding carboxylic acids is 1. The van der Waals surface area contributed by atoms with Gasteiger partial charge in [-0.15, -0.1) is 0 Å². The van der Waals surface area contributed by atoms with Crippen LogP contribution in [0.1, 0.15) is 18.3 Å². The van der Waals surface area contributed by atoms with Gasteiger partial charge in [0.2, 0.25) is 5.91 Å². The zero-order valence-electron chi connectivity index (χ0n) is 9.12. The number of hydrogen-bond donors (Lipinski definition) is 1. The molecule has 0 saturated carbocycles. The fraction of sp³-hybridized carbons (Fsp3) is 0.455. The number of pyridine rings is 1. The lowest BCUT2D eigenvalue weighted by Gasteiger charge is -2.05. The number of aryl methyl sites for hydroxylation is 1. The second-order valence-electron chi connectivity index (χ2n) is 3.18. The number of ether oxygens (including phenoxy) is 1. The number of amides is 1. The van der Waals surface area contributed by atoms with Crippen molar-refractivity contribution in [2.45, 2.75) is 20.4 Å². The Morgan fingerprint density at radius 1 is 1.53 bits per heavy atom. The van der Waals surface area contributed by atoms with Crippen molar-refractivity contribution >= 4 is 5.91 Å². The van der Waals surface area contributed by atoms with E-state index in [2.05, 4.69) is 10.3 Å². The average molecular weight is 208 g/mol. The normalized spacial score (nSPS) is 10.0. The highest BCUT2D eigenvalue weighted by Gasteiger charge is 2.01. The molecule has 0 aromatic carbocycles. The molecular formula is C11H16N2O2. The van der Waals surface area contributed by atoms with E-state index in [1.54, 1.807) is 0 Å². The van der Waals surface area contributed by atoms with Gasteiger partial charge in [0.05, 0.1) is 12.2 Å². The van der Waals surface area contributed by atoms with E-state index < -0.39 is 0 Å². The predicted octanol–water partition coefficient (Wildman–Crippen LogP) is 1.04. The van der Waals surface area contributed by atoms with E-state index in [1.165, 1.54) is 0 Å². The van der Waals surface area contributed by atoms with E-state index in [-0.39, 0.29) is 12.5 Å². The lowest BCUT2D eigenvalue weighted by atomic mass is 10.3. The summed E-state index contributed by atoms with van der Waals surface area (Å²) >= 11 is 0. The largest absolute Gasteiger partial charge is 0.372 e. The van der Waals surface area contributed by atoms with Crippen LogP contribution in [-0.4, -0.2) is 24.1 Å². The summed E-state index contributed by atoms with van der Waals surface area (Å²) in [6.07, 6.45) is 0. The van der Waals surface area contributed by atoms with Crippen molar-refractivity contribution in [3.63, 3.8) is 0 Å². The van der Waals surface area contributed by atoms with Gasteiger partial charge in [-0.1, -0.05) is 6.07 Å². The first-order valence-electron chi connectivity index (χ1n) is 4.99. The van der Waals surface area contributed by atoms with Crippen molar-refractivity contribution in [2.75, 3.05) is 13.2 Å². The predicted molar refractivity (Wildman–Crippen MR) is 57.3 cm³/mol. The third kappa shape index (κ3) is 4.56. The molecule has 0 radical (unpaired) electrons. The molecule has 1 N–H and O–H groups in total. The van der Waals surface area contributed by atoms with Crippen LogP contribution in [0.25, 0.3) is 0 Å². The van der Waals surface area contributed by atoms with E-state index in [0.29, 0.717) is 13.2 Å². The highest BCUT2D eigenvalue weighted by atomic mass is 16.5. The van der Waals surface area contributed by atoms with Crippen LogP contribution in [0, 0.1) is 6.92 Å². The number of hydrogen-bond acceptors (Lipinski definition) is 3. The first-order chi connectivity index (χ1) is 7.22. The molecular weight excluding hydrogens is 192 g/mol. The molecule has 0 fully saturated rings. The molecule has 4 heteroatoms. The molecule has 1 amide bonds. The monoisotopic (exact) mass is 208 g/mol. The number of rotatable bonds is 5. The fourth-order valence-electron chi connectivity index (χ4n) is 1.13. The SMILES string of the molecule is CCOCC(=O)NCc1cccc(C)n1. The summed E-state index contributed by atoms with van der Waals surface area (Å²) in [7, 11) is 0. The van der Waals surface area contributed by atoms with Crippen molar-refractivity contribution in [3.8, 4) is 0 Å². The molecule has 1 aromatic rings. The van der Waals surface area contributed by atoms with Gasteiger partial charge in [-0.05, 0) is 26.0 Å². The summed E-state index contributed by atoms with van der Waals surface area (Å²) in [5.41, 5.74) is 1.81. The van der Waals surface area contributed by atoms with Gasteiger partial charge in [-0.3, -0.25) is 9.78 Å². The van der Waals surface area contributed by atoms with Crippen molar-refractivity contribution in [1.29, 1.82) is 0 Å². The Morgan fingerprint density at radius 2 is 2.33 bits per heavy atom. The second-order valence-corrected chi connectivity index (χ2v) is 3.18. The topological polar surface area (TPSA) is 51.2 Å². The van der Waals surface area contributed by atoms with Crippen LogP contribution in [-0.2, 0) is 16.1 Å². The summed E-state index contributed by atoms with van der Waals surface area (Å²) in [5, 5.41) is 2.73. The Bertz CT molecular complexity index is 326. The smallest absolute Gasteiger partial charge is 0.246 e. The maximum absolute atomic E-state index is 11.2. The van der Waals surface area contributed by atoms with Crippen LogP contribution in [0.2, 0.25) is 0 Å². The molecule has 1 rings (SSSR count). The Balaban J connectivity index is 2.33. The van der Waals surface area contributed by atoms with E-state index in [1.807, 2.05) is 32.0 Å². The van der Waals surface area contributed by atoms with Gasteiger partial charge < -0.3 is 10.1 Å². The lowest BCUT2D eigenvalue weighted by Crippen LogP contribution is -2.27. The highest BCUT2D eigenvalue weighted by molar-refractivity contribution is 5.77. The molecule has 0 spiro atoms. The van der Waals surface area contributed by atoms with Crippen molar-refractivity contribution in [3.05, 3.63) is 29.6 Å². The van der Waals surface area contributed by atoms with E-state index in [0.717, 1.165) is 11.4 Å². The number of nitrogens with one attached hydrogen (secondary N) is 1. The van der Waals surface area contributed by atoms with Gasteiger partial charge in [0.15, 0.2) is 0 Å². The van der Waals surface area contributed by atoms with Crippen LogP contribution in [0.15, 0.2) is 18.2 Å². The summed E-state index contributed by atoms with van der Waals surface area (Å²) in [5.74, 6) is -0.111. The maximum Gasteiger partial charge on any atom is 0.246 e. The van der Waals surface area contributed by atoms with Gasteiger partial charge in [0.25, 0.3) is 0 Å². The third-order valence-corrected chi connectivity index (χ3v) is 1.85. The zero-order chi connectivity index (χ0) is 11.1. The molecule has 1 aromatic heterocycles. The molecule has 0 unspecified atom stereocenters. The first kappa shape index (κ1) is 11.7. The molecule has 0 bridgehead atoms. The summed E-state index contributed by atoms with van der Waals surface area (Å²) < 4.78 is 4.97. The Kier molecular flexibility index (Phi) is 4.77. The van der Waals surface area contributed by atoms with Crippen LogP contribution in [0.5, 0.6) is 0 Å². The molecule has 1 heterocycles. The van der Waals surface area contributed by atoms with Crippen molar-refractivity contribution in [2.24, 2.45) is 0 Å². The van der Waals surface area contributed by atoms with Gasteiger partial charge in [-0.25, -0.2) is 0 Å². The fourth-order valence-corrected chi connectivity index (χ4v) is 1.13. The first-order valence-corrected chi connectivity index (χ1v) is 4.99. The van der Waals surface area contributed by atoms with E-state index in [4.69, 9.17) is 4.74 Å². The minimum Gasteiger partial charge on any atom is -0.372 e. The zero-order valence-corrected chi connectivity index (χ0v) is 9.12. The highest BCUT2D eigenvalue weighted by Crippen LogP contribution is 1.97. The lowest BCUT2D eigenvalue weighted by molar-refractivity contribution is -0.125. The quantitative estimate of drug-likeness (QED) is 0.786. The van der Waals surface area contributed by atoms with E-state index in [9.17, 15) is 4.79 Å². The van der Waals surface area contributed by atoms with Crippen LogP contribution >= 0.6 is 0 Å². The van der Waals surface area contributed by atoms with Gasteiger partial charge in [0, 0.05) is 12.3 Å². The molecule has 4 nitrogen and oxygen atoms in total. The van der Waals surface area contributed by atoms with E-state index >= 15 is 0 Å². The molecule has 15 heavy (non-hydrogen) atoms. The molecule has 0 aliphatic carbocycles. The van der Waals surface area contributed by atoms with Crippen molar-refractivity contribution in [1.82, 2.24) is 10.3 Å². The average Bonchev–Trinajstić information content (AvgIpc) is 2.23. The Hall–Kier alpha value is -1.42. The van der Waals surface area contributed by atoms with Crippen LogP contribution < -0.4 is 5.32 Å². The van der Waals surface area contributed by atoms with Crippen LogP contribution in [0.4, 0.5) is 0 Å². The van der Waals surface area contributed by atoms with Gasteiger partial charge in [-0.2, -0.15) is 0 Å². The standard InChI is InChI=1S/C11H16N2O2/c1-3-15-8-11(14)12-7-10-6-4-5-9(2)13-10/h4-6H,3,7-8H2,1-2H3,(H,12,14). The Labute approximate surface area is 89.7 Å². The summed E-state index contributed by atoms with van der Waals surface area (Å²) in [6.45, 7) is 4.90. The third-order valence-electron chi connectivity index (χ3n) is 1.85. The summed E-state index contributed by atoms with van der Waals surface area (Å²) in [4.78, 5) is 15.5. The number of carbonyl (C=O) groups is 1. The summed E-state index contributed by atoms with van der Waals surface area (Å²) in [6, 6.07) is 5.73. The minimum absolute atomic E-state index is 0.111. The van der Waals surface area contributed by atoms with Gasteiger partial charge in [0.1, 0.15) is 6.61 Å². The molecule has 82 valence electrons. The molecule has 0 saturated heterocycles. The second kappa shape index (κ2) is 6.14. The number of nitrogens with zero attached hydrogens (tertiary/aromatic N) is 1. The molecule has 0 aliphatic heterocycles. The minimum atomic E-state index is -0.111. The Morgan fingerprint density at radius 3 is 3.00 bits per heavy atom. The van der Waals surface area contributed by atoms with Crippen molar-refractivity contribution < 1.29 is 9.53 Å². The molecule has 0 aliphatic rings.